The molecular weight excluding hydrogens is 182 g/mol. The van der Waals surface area contributed by atoms with Crippen LogP contribution in [0, 0.1) is 0 Å². The second-order valence-electron chi connectivity index (χ2n) is 3.09. The maximum Gasteiger partial charge on any atom is 0.261 e. The molecule has 1 aliphatic carbocycles. The quantitative estimate of drug-likeness (QED) is 0.717. The number of hydrogen-bond acceptors (Lipinski definition) is 2. The second kappa shape index (κ2) is 3.75. The molecule has 0 atom stereocenters. The smallest absolute Gasteiger partial charge is 0.261 e. The lowest BCUT2D eigenvalue weighted by Crippen LogP contribution is -2.32. The van der Waals surface area contributed by atoms with E-state index in [4.69, 9.17) is 0 Å². The van der Waals surface area contributed by atoms with Crippen molar-refractivity contribution < 1.29 is 4.79 Å². The van der Waals surface area contributed by atoms with E-state index in [9.17, 15) is 4.79 Å². The highest BCUT2D eigenvalue weighted by Crippen LogP contribution is 2.12. The molecular formula is C10H11NOS. The number of thiophene rings is 1. The summed E-state index contributed by atoms with van der Waals surface area (Å²) in [5, 5.41) is 4.91. The molecule has 0 radical (unpaired) electrons. The summed E-state index contributed by atoms with van der Waals surface area (Å²) in [5.41, 5.74) is 0. The zero-order chi connectivity index (χ0) is 9.10. The number of nitrogens with one attached hydrogen (secondary N) is 1. The van der Waals surface area contributed by atoms with Crippen molar-refractivity contribution in [1.82, 2.24) is 5.32 Å². The molecule has 1 aliphatic rings. The van der Waals surface area contributed by atoms with Crippen LogP contribution < -0.4 is 5.32 Å². The van der Waals surface area contributed by atoms with E-state index in [1.165, 1.54) is 11.3 Å². The Kier molecular flexibility index (Phi) is 2.45. The molecule has 0 saturated heterocycles. The van der Waals surface area contributed by atoms with Crippen LogP contribution in [0.1, 0.15) is 22.5 Å². The van der Waals surface area contributed by atoms with Gasteiger partial charge in [-0.1, -0.05) is 18.2 Å². The molecule has 0 spiro atoms. The molecule has 3 heteroatoms. The first-order valence-corrected chi connectivity index (χ1v) is 5.23. The van der Waals surface area contributed by atoms with Gasteiger partial charge in [0.2, 0.25) is 0 Å². The van der Waals surface area contributed by atoms with Gasteiger partial charge in [0.15, 0.2) is 0 Å². The van der Waals surface area contributed by atoms with E-state index in [-0.39, 0.29) is 5.91 Å². The van der Waals surface area contributed by atoms with Crippen molar-refractivity contribution in [2.24, 2.45) is 0 Å². The van der Waals surface area contributed by atoms with E-state index in [2.05, 4.69) is 17.5 Å². The number of hydrogen-bond donors (Lipinski definition) is 1. The predicted molar refractivity (Wildman–Crippen MR) is 53.9 cm³/mol. The summed E-state index contributed by atoms with van der Waals surface area (Å²) < 4.78 is 0. The average molecular weight is 193 g/mol. The topological polar surface area (TPSA) is 29.1 Å². The van der Waals surface area contributed by atoms with Crippen molar-refractivity contribution in [2.45, 2.75) is 18.9 Å². The maximum absolute atomic E-state index is 11.5. The highest BCUT2D eigenvalue weighted by Gasteiger charge is 2.14. The second-order valence-corrected chi connectivity index (χ2v) is 4.04. The highest BCUT2D eigenvalue weighted by atomic mass is 32.1. The van der Waals surface area contributed by atoms with Gasteiger partial charge in [0.1, 0.15) is 0 Å². The van der Waals surface area contributed by atoms with Gasteiger partial charge >= 0.3 is 0 Å². The van der Waals surface area contributed by atoms with Crippen molar-refractivity contribution in [1.29, 1.82) is 0 Å². The fraction of sp³-hybridized carbons (Fsp3) is 0.300. The first-order valence-electron chi connectivity index (χ1n) is 4.35. The Balaban J connectivity index is 1.92. The summed E-state index contributed by atoms with van der Waals surface area (Å²) in [5.74, 6) is 0.0590. The molecule has 1 aromatic heterocycles. The van der Waals surface area contributed by atoms with E-state index < -0.39 is 0 Å². The third kappa shape index (κ3) is 1.98. The van der Waals surface area contributed by atoms with Gasteiger partial charge in [0.05, 0.1) is 4.88 Å². The van der Waals surface area contributed by atoms with Gasteiger partial charge in [-0.2, -0.15) is 0 Å². The summed E-state index contributed by atoms with van der Waals surface area (Å²) >= 11 is 1.48. The fourth-order valence-corrected chi connectivity index (χ4v) is 2.03. The van der Waals surface area contributed by atoms with Crippen LogP contribution in [0.4, 0.5) is 0 Å². The molecule has 68 valence electrons. The lowest BCUT2D eigenvalue weighted by Gasteiger charge is -2.10. The lowest BCUT2D eigenvalue weighted by atomic mass is 10.2. The minimum Gasteiger partial charge on any atom is -0.348 e. The Morgan fingerprint density at radius 3 is 2.85 bits per heavy atom. The third-order valence-electron chi connectivity index (χ3n) is 2.09. The number of carbonyl (C=O) groups excluding carboxylic acids is 1. The molecule has 0 fully saturated rings. The molecule has 1 aromatic rings. The molecule has 0 aromatic carbocycles. The monoisotopic (exact) mass is 193 g/mol. The minimum absolute atomic E-state index is 0.0590. The zero-order valence-corrected chi connectivity index (χ0v) is 8.01. The number of rotatable bonds is 2. The average Bonchev–Trinajstić information content (AvgIpc) is 2.74. The van der Waals surface area contributed by atoms with Crippen LogP contribution in [0.5, 0.6) is 0 Å². The summed E-state index contributed by atoms with van der Waals surface area (Å²) in [7, 11) is 0. The van der Waals surface area contributed by atoms with Crippen LogP contribution in [0.2, 0.25) is 0 Å². The number of amides is 1. The zero-order valence-electron chi connectivity index (χ0n) is 7.19. The minimum atomic E-state index is 0.0590. The van der Waals surface area contributed by atoms with Gasteiger partial charge in [-0.3, -0.25) is 4.79 Å². The van der Waals surface area contributed by atoms with E-state index in [1.54, 1.807) is 0 Å². The summed E-state index contributed by atoms with van der Waals surface area (Å²) in [6.45, 7) is 0. The van der Waals surface area contributed by atoms with Crippen LogP contribution in [-0.4, -0.2) is 11.9 Å². The molecule has 2 nitrogen and oxygen atoms in total. The van der Waals surface area contributed by atoms with Crippen LogP contribution >= 0.6 is 11.3 Å². The van der Waals surface area contributed by atoms with E-state index in [0.717, 1.165) is 17.7 Å². The highest BCUT2D eigenvalue weighted by molar-refractivity contribution is 7.12. The molecule has 1 heterocycles. The van der Waals surface area contributed by atoms with Gasteiger partial charge in [-0.25, -0.2) is 0 Å². The van der Waals surface area contributed by atoms with Crippen molar-refractivity contribution in [3.8, 4) is 0 Å². The van der Waals surface area contributed by atoms with E-state index in [0.29, 0.717) is 6.04 Å². The molecule has 0 aliphatic heterocycles. The van der Waals surface area contributed by atoms with Gasteiger partial charge in [-0.15, -0.1) is 11.3 Å². The Morgan fingerprint density at radius 2 is 2.23 bits per heavy atom. The lowest BCUT2D eigenvalue weighted by molar-refractivity contribution is 0.0943. The SMILES string of the molecule is O=C(NC1CC=CC1)c1cccs1. The molecule has 0 bridgehead atoms. The van der Waals surface area contributed by atoms with Crippen LogP contribution in [-0.2, 0) is 0 Å². The third-order valence-corrected chi connectivity index (χ3v) is 2.96. The first kappa shape index (κ1) is 8.51. The van der Waals surface area contributed by atoms with Crippen molar-refractivity contribution in [3.63, 3.8) is 0 Å². The Labute approximate surface area is 81.3 Å². The van der Waals surface area contributed by atoms with Crippen LogP contribution in [0.3, 0.4) is 0 Å². The Bertz CT molecular complexity index is 308. The van der Waals surface area contributed by atoms with Crippen LogP contribution in [0.25, 0.3) is 0 Å². The normalized spacial score (nSPS) is 16.3. The van der Waals surface area contributed by atoms with Crippen molar-refractivity contribution in [3.05, 3.63) is 34.5 Å². The maximum atomic E-state index is 11.5. The Hall–Kier alpha value is -1.09. The standard InChI is InChI=1S/C10H11NOS/c12-10(9-6-3-7-13-9)11-8-4-1-2-5-8/h1-3,6-8H,4-5H2,(H,11,12). The largest absolute Gasteiger partial charge is 0.348 e. The molecule has 13 heavy (non-hydrogen) atoms. The fourth-order valence-electron chi connectivity index (χ4n) is 1.40. The van der Waals surface area contributed by atoms with Crippen molar-refractivity contribution in [2.75, 3.05) is 0 Å². The predicted octanol–water partition coefficient (Wildman–Crippen LogP) is 2.20. The van der Waals surface area contributed by atoms with Crippen LogP contribution in [0.15, 0.2) is 29.7 Å². The van der Waals surface area contributed by atoms with Gasteiger partial charge < -0.3 is 5.32 Å². The summed E-state index contributed by atoms with van der Waals surface area (Å²) in [6, 6.07) is 4.06. The van der Waals surface area contributed by atoms with Crippen molar-refractivity contribution >= 4 is 17.2 Å². The van der Waals surface area contributed by atoms with Gasteiger partial charge in [0, 0.05) is 6.04 Å². The van der Waals surface area contributed by atoms with E-state index >= 15 is 0 Å². The summed E-state index contributed by atoms with van der Waals surface area (Å²) in [6.07, 6.45) is 6.16. The van der Waals surface area contributed by atoms with E-state index in [1.807, 2.05) is 17.5 Å². The molecule has 2 rings (SSSR count). The molecule has 0 unspecified atom stereocenters. The first-order chi connectivity index (χ1) is 6.36. The van der Waals surface area contributed by atoms with Gasteiger partial charge in [0.25, 0.3) is 5.91 Å². The Morgan fingerprint density at radius 1 is 1.46 bits per heavy atom. The van der Waals surface area contributed by atoms with Gasteiger partial charge in [-0.05, 0) is 24.3 Å². The molecule has 1 N–H and O–H groups in total. The summed E-state index contributed by atoms with van der Waals surface area (Å²) in [4.78, 5) is 12.3. The molecule has 0 saturated carbocycles. The number of carbonyl (C=O) groups is 1. The molecule has 1 amide bonds.